The zero-order valence-corrected chi connectivity index (χ0v) is 16.0. The van der Waals surface area contributed by atoms with Crippen LogP contribution in [-0.4, -0.2) is 41.4 Å². The lowest BCUT2D eigenvalue weighted by atomic mass is 10.1. The minimum atomic E-state index is -0.476. The second kappa shape index (κ2) is 8.57. The van der Waals surface area contributed by atoms with Crippen molar-refractivity contribution in [1.29, 1.82) is 0 Å². The fourth-order valence-corrected chi connectivity index (χ4v) is 4.25. The summed E-state index contributed by atoms with van der Waals surface area (Å²) in [6.07, 6.45) is 4.47. The number of amides is 2. The SMILES string of the molecule is C=C(NCc1cccc(C)c1)[C@@H]1CCC2CCC[C@H](NC(=O)CN)C(=O)N21. The van der Waals surface area contributed by atoms with E-state index in [0.29, 0.717) is 13.0 Å². The second-order valence-corrected chi connectivity index (χ2v) is 7.62. The van der Waals surface area contributed by atoms with Gasteiger partial charge in [0.05, 0.1) is 12.6 Å². The number of hydrogen-bond donors (Lipinski definition) is 3. The molecule has 4 N–H and O–H groups in total. The van der Waals surface area contributed by atoms with Gasteiger partial charge in [0.2, 0.25) is 11.8 Å². The molecule has 2 amide bonds. The molecule has 0 aromatic heterocycles. The molecule has 2 aliphatic rings. The predicted molar refractivity (Wildman–Crippen MR) is 106 cm³/mol. The average Bonchev–Trinajstić information content (AvgIpc) is 3.02. The molecular formula is C21H30N4O2. The zero-order valence-electron chi connectivity index (χ0n) is 16.0. The summed E-state index contributed by atoms with van der Waals surface area (Å²) in [7, 11) is 0. The lowest BCUT2D eigenvalue weighted by molar-refractivity contribution is -0.137. The van der Waals surface area contributed by atoms with Crippen LogP contribution in [0.25, 0.3) is 0 Å². The summed E-state index contributed by atoms with van der Waals surface area (Å²) in [6, 6.07) is 8.08. The largest absolute Gasteiger partial charge is 0.383 e. The van der Waals surface area contributed by atoms with Gasteiger partial charge in [-0.3, -0.25) is 9.59 Å². The molecule has 146 valence electrons. The number of nitrogens with zero attached hydrogens (tertiary/aromatic N) is 1. The fraction of sp³-hybridized carbons (Fsp3) is 0.524. The smallest absolute Gasteiger partial charge is 0.245 e. The fourth-order valence-electron chi connectivity index (χ4n) is 4.25. The van der Waals surface area contributed by atoms with Crippen LogP contribution in [0.5, 0.6) is 0 Å². The van der Waals surface area contributed by atoms with E-state index >= 15 is 0 Å². The minimum absolute atomic E-state index is 0.000283. The normalized spacial score (nSPS) is 24.9. The van der Waals surface area contributed by atoms with E-state index in [4.69, 9.17) is 5.73 Å². The van der Waals surface area contributed by atoms with Gasteiger partial charge >= 0.3 is 0 Å². The van der Waals surface area contributed by atoms with Gasteiger partial charge in [-0.1, -0.05) is 36.4 Å². The van der Waals surface area contributed by atoms with E-state index < -0.39 is 6.04 Å². The van der Waals surface area contributed by atoms with Crippen molar-refractivity contribution in [3.63, 3.8) is 0 Å². The summed E-state index contributed by atoms with van der Waals surface area (Å²) in [5.74, 6) is -0.278. The molecule has 1 aromatic carbocycles. The Bertz CT molecular complexity index is 718. The van der Waals surface area contributed by atoms with Crippen molar-refractivity contribution in [3.8, 4) is 0 Å². The maximum absolute atomic E-state index is 13.1. The van der Waals surface area contributed by atoms with Gasteiger partial charge in [-0.15, -0.1) is 0 Å². The molecule has 2 heterocycles. The number of benzene rings is 1. The standard InChI is InChI=1S/C21H30N4O2/c1-14-5-3-6-16(11-14)13-23-15(2)19-10-9-17-7-4-8-18(21(27)25(17)19)24-20(26)12-22/h3,5-6,11,17-19,23H,2,4,7-10,12-13,22H2,1H3,(H,24,26)/t17?,18-,19-/m0/s1. The Morgan fingerprint density at radius 3 is 2.85 bits per heavy atom. The molecular weight excluding hydrogens is 340 g/mol. The first-order valence-corrected chi connectivity index (χ1v) is 9.79. The third-order valence-corrected chi connectivity index (χ3v) is 5.61. The van der Waals surface area contributed by atoms with Crippen LogP contribution < -0.4 is 16.4 Å². The predicted octanol–water partition coefficient (Wildman–Crippen LogP) is 1.59. The highest BCUT2D eigenvalue weighted by molar-refractivity contribution is 5.89. The Morgan fingerprint density at radius 2 is 2.11 bits per heavy atom. The molecule has 0 saturated carbocycles. The summed E-state index contributed by atoms with van der Waals surface area (Å²) in [5.41, 5.74) is 8.69. The van der Waals surface area contributed by atoms with Crippen LogP contribution in [0.4, 0.5) is 0 Å². The molecule has 2 aliphatic heterocycles. The van der Waals surface area contributed by atoms with Crippen LogP contribution in [0.1, 0.15) is 43.2 Å². The molecule has 6 heteroatoms. The second-order valence-electron chi connectivity index (χ2n) is 7.62. The van der Waals surface area contributed by atoms with Crippen molar-refractivity contribution in [3.05, 3.63) is 47.7 Å². The Morgan fingerprint density at radius 1 is 1.30 bits per heavy atom. The van der Waals surface area contributed by atoms with E-state index in [2.05, 4.69) is 42.3 Å². The highest BCUT2D eigenvalue weighted by Crippen LogP contribution is 2.34. The van der Waals surface area contributed by atoms with Gasteiger partial charge in [0.15, 0.2) is 0 Å². The maximum Gasteiger partial charge on any atom is 0.245 e. The molecule has 0 spiro atoms. The lowest BCUT2D eigenvalue weighted by Gasteiger charge is -2.32. The molecule has 0 aliphatic carbocycles. The first-order chi connectivity index (χ1) is 13.0. The third-order valence-electron chi connectivity index (χ3n) is 5.61. The number of aryl methyl sites for hydroxylation is 1. The van der Waals surface area contributed by atoms with Crippen LogP contribution in [0.3, 0.4) is 0 Å². The maximum atomic E-state index is 13.1. The van der Waals surface area contributed by atoms with Gasteiger partial charge in [0.25, 0.3) is 0 Å². The molecule has 27 heavy (non-hydrogen) atoms. The van der Waals surface area contributed by atoms with Crippen LogP contribution in [0, 0.1) is 6.92 Å². The average molecular weight is 370 g/mol. The molecule has 0 radical (unpaired) electrons. The molecule has 0 bridgehead atoms. The van der Waals surface area contributed by atoms with E-state index in [1.807, 2.05) is 11.0 Å². The van der Waals surface area contributed by atoms with Crippen molar-refractivity contribution < 1.29 is 9.59 Å². The van der Waals surface area contributed by atoms with Gasteiger partial charge < -0.3 is 21.3 Å². The van der Waals surface area contributed by atoms with Gasteiger partial charge in [-0.25, -0.2) is 0 Å². The molecule has 2 fully saturated rings. The van der Waals surface area contributed by atoms with E-state index in [9.17, 15) is 9.59 Å². The Kier molecular flexibility index (Phi) is 6.16. The van der Waals surface area contributed by atoms with Crippen molar-refractivity contribution in [2.24, 2.45) is 5.73 Å². The van der Waals surface area contributed by atoms with Crippen LogP contribution in [0.2, 0.25) is 0 Å². The number of carbonyl (C=O) groups is 2. The van der Waals surface area contributed by atoms with Crippen molar-refractivity contribution in [2.45, 2.75) is 63.7 Å². The van der Waals surface area contributed by atoms with Crippen molar-refractivity contribution in [2.75, 3.05) is 6.54 Å². The number of hydrogen-bond acceptors (Lipinski definition) is 4. The first-order valence-electron chi connectivity index (χ1n) is 9.79. The Hall–Kier alpha value is -2.34. The summed E-state index contributed by atoms with van der Waals surface area (Å²) in [6.45, 7) is 6.89. The van der Waals surface area contributed by atoms with Gasteiger partial charge in [-0.2, -0.15) is 0 Å². The van der Waals surface area contributed by atoms with E-state index in [1.54, 1.807) is 0 Å². The lowest BCUT2D eigenvalue weighted by Crippen LogP contribution is -2.52. The number of nitrogens with one attached hydrogen (secondary N) is 2. The van der Waals surface area contributed by atoms with Crippen LogP contribution in [-0.2, 0) is 16.1 Å². The Labute approximate surface area is 161 Å². The van der Waals surface area contributed by atoms with Gasteiger partial charge in [0, 0.05) is 18.3 Å². The molecule has 1 aromatic rings. The zero-order chi connectivity index (χ0) is 19.4. The Balaban J connectivity index is 1.67. The highest BCUT2D eigenvalue weighted by Gasteiger charge is 2.42. The molecule has 3 rings (SSSR count). The van der Waals surface area contributed by atoms with Crippen molar-refractivity contribution >= 4 is 11.8 Å². The minimum Gasteiger partial charge on any atom is -0.383 e. The van der Waals surface area contributed by atoms with Crippen LogP contribution >= 0.6 is 0 Å². The quantitative estimate of drug-likeness (QED) is 0.710. The van der Waals surface area contributed by atoms with E-state index in [-0.39, 0.29) is 30.4 Å². The number of rotatable bonds is 6. The first kappa shape index (κ1) is 19.4. The topological polar surface area (TPSA) is 87.5 Å². The third kappa shape index (κ3) is 4.50. The summed E-state index contributed by atoms with van der Waals surface area (Å²) in [4.78, 5) is 26.8. The molecule has 6 nitrogen and oxygen atoms in total. The number of carbonyl (C=O) groups excluding carboxylic acids is 2. The van der Waals surface area contributed by atoms with Crippen LogP contribution in [0.15, 0.2) is 36.5 Å². The molecule has 2 saturated heterocycles. The van der Waals surface area contributed by atoms with E-state index in [1.165, 1.54) is 11.1 Å². The highest BCUT2D eigenvalue weighted by atomic mass is 16.2. The van der Waals surface area contributed by atoms with Gasteiger partial charge in [0.1, 0.15) is 6.04 Å². The van der Waals surface area contributed by atoms with Gasteiger partial charge in [-0.05, 0) is 44.6 Å². The summed E-state index contributed by atoms with van der Waals surface area (Å²) >= 11 is 0. The molecule has 3 atom stereocenters. The summed E-state index contributed by atoms with van der Waals surface area (Å²) in [5, 5.41) is 6.20. The van der Waals surface area contributed by atoms with Crippen molar-refractivity contribution in [1.82, 2.24) is 15.5 Å². The summed E-state index contributed by atoms with van der Waals surface area (Å²) < 4.78 is 0. The van der Waals surface area contributed by atoms with E-state index in [0.717, 1.165) is 31.4 Å². The monoisotopic (exact) mass is 370 g/mol. The molecule has 1 unspecified atom stereocenters. The number of nitrogens with two attached hydrogens (primary N) is 1. The number of fused-ring (bicyclic) bond motifs is 1.